The Morgan fingerprint density at radius 1 is 1.22 bits per heavy atom. The number of nitrogens with one attached hydrogen (secondary N) is 1. The van der Waals surface area contributed by atoms with Crippen molar-refractivity contribution in [3.8, 4) is 6.07 Å². The first-order valence-corrected chi connectivity index (χ1v) is 7.40. The van der Waals surface area contributed by atoms with Crippen LogP contribution < -0.4 is 10.5 Å². The molecule has 0 spiro atoms. The Morgan fingerprint density at radius 2 is 1.96 bits per heavy atom. The number of aromatic amines is 1. The molecule has 5 nitrogen and oxygen atoms in total. The van der Waals surface area contributed by atoms with E-state index in [1.807, 2.05) is 32.0 Å². The van der Waals surface area contributed by atoms with E-state index in [0.717, 1.165) is 16.8 Å². The molecule has 1 aromatic heterocycles. The van der Waals surface area contributed by atoms with Gasteiger partial charge in [-0.2, -0.15) is 5.26 Å². The average molecular weight is 309 g/mol. The van der Waals surface area contributed by atoms with Gasteiger partial charge in [0.1, 0.15) is 5.56 Å². The number of carbonyl (C=O) groups excluding carboxylic acids is 1. The van der Waals surface area contributed by atoms with E-state index in [1.165, 1.54) is 11.0 Å². The number of pyridine rings is 1. The van der Waals surface area contributed by atoms with Crippen LogP contribution in [0.2, 0.25) is 0 Å². The summed E-state index contributed by atoms with van der Waals surface area (Å²) in [5.41, 5.74) is 3.10. The molecule has 0 fully saturated rings. The van der Waals surface area contributed by atoms with E-state index in [9.17, 15) is 9.59 Å². The van der Waals surface area contributed by atoms with Crippen molar-refractivity contribution in [2.24, 2.45) is 0 Å². The number of aromatic nitrogens is 1. The molecular formula is C18H19N3O2. The lowest BCUT2D eigenvalue weighted by atomic mass is 10.1. The van der Waals surface area contributed by atoms with Crippen LogP contribution in [0.25, 0.3) is 0 Å². The van der Waals surface area contributed by atoms with Gasteiger partial charge in [0.05, 0.1) is 12.5 Å². The summed E-state index contributed by atoms with van der Waals surface area (Å²) in [5, 5.41) is 8.87. The number of hydrogen-bond donors (Lipinski definition) is 1. The van der Waals surface area contributed by atoms with E-state index >= 15 is 0 Å². The lowest BCUT2D eigenvalue weighted by Gasteiger charge is -2.24. The molecule has 0 aliphatic heterocycles. The molecule has 0 aliphatic carbocycles. The number of H-pyrrole nitrogens is 1. The molecule has 1 heterocycles. The number of nitrogens with zero attached hydrogens (tertiary/aromatic N) is 2. The second-order valence-corrected chi connectivity index (χ2v) is 5.47. The van der Waals surface area contributed by atoms with Gasteiger partial charge in [-0.25, -0.2) is 0 Å². The minimum absolute atomic E-state index is 0.0782. The van der Waals surface area contributed by atoms with Crippen molar-refractivity contribution >= 4 is 11.6 Å². The molecule has 5 heteroatoms. The van der Waals surface area contributed by atoms with Crippen LogP contribution in [0, 0.1) is 32.1 Å². The third-order valence-corrected chi connectivity index (χ3v) is 3.84. The maximum atomic E-state index is 12.8. The first-order chi connectivity index (χ1) is 11.0. The molecule has 0 aliphatic rings. The van der Waals surface area contributed by atoms with Crippen LogP contribution in [0.15, 0.2) is 35.1 Å². The van der Waals surface area contributed by atoms with Gasteiger partial charge in [-0.15, -0.1) is 0 Å². The van der Waals surface area contributed by atoms with Gasteiger partial charge in [-0.3, -0.25) is 9.59 Å². The Kier molecular flexibility index (Phi) is 4.97. The quantitative estimate of drug-likeness (QED) is 0.943. The maximum absolute atomic E-state index is 12.8. The van der Waals surface area contributed by atoms with Gasteiger partial charge in [0.15, 0.2) is 0 Å². The highest BCUT2D eigenvalue weighted by atomic mass is 16.2. The Bertz CT molecular complexity index is 831. The summed E-state index contributed by atoms with van der Waals surface area (Å²) in [7, 11) is 0. The molecular weight excluding hydrogens is 290 g/mol. The molecule has 0 unspecified atom stereocenters. The zero-order valence-corrected chi connectivity index (χ0v) is 13.5. The molecule has 0 atom stereocenters. The average Bonchev–Trinajstić information content (AvgIpc) is 2.51. The number of hydrogen-bond acceptors (Lipinski definition) is 3. The standard InChI is InChI=1S/C18H19N3O2/c1-12-6-4-7-16(14(12)3)21(11-5-10-19)18(23)15-9-8-13(2)20-17(15)22/h4,6-9H,5,11H2,1-3H3,(H,20,22). The van der Waals surface area contributed by atoms with Crippen molar-refractivity contribution in [2.45, 2.75) is 27.2 Å². The summed E-state index contributed by atoms with van der Waals surface area (Å²) < 4.78 is 0. The molecule has 0 bridgehead atoms. The Labute approximate surface area is 135 Å². The molecule has 0 radical (unpaired) electrons. The SMILES string of the molecule is Cc1ccc(C(=O)N(CCC#N)c2cccc(C)c2C)c(=O)[nH]1. The van der Waals surface area contributed by atoms with Gasteiger partial charge in [-0.05, 0) is 50.1 Å². The number of rotatable bonds is 4. The summed E-state index contributed by atoms with van der Waals surface area (Å²) in [5.74, 6) is -0.393. The monoisotopic (exact) mass is 309 g/mol. The highest BCUT2D eigenvalue weighted by Crippen LogP contribution is 2.24. The summed E-state index contributed by atoms with van der Waals surface area (Å²) in [6, 6.07) is 10.9. The Hall–Kier alpha value is -2.87. The lowest BCUT2D eigenvalue weighted by molar-refractivity contribution is 0.0986. The van der Waals surface area contributed by atoms with Gasteiger partial charge in [0, 0.05) is 17.9 Å². The Balaban J connectivity index is 2.50. The smallest absolute Gasteiger partial charge is 0.263 e. The van der Waals surface area contributed by atoms with E-state index in [0.29, 0.717) is 5.69 Å². The van der Waals surface area contributed by atoms with E-state index in [1.54, 1.807) is 13.0 Å². The van der Waals surface area contributed by atoms with Gasteiger partial charge in [0.25, 0.3) is 11.5 Å². The molecule has 1 aromatic carbocycles. The predicted molar refractivity (Wildman–Crippen MR) is 89.6 cm³/mol. The van der Waals surface area contributed by atoms with Crippen molar-refractivity contribution in [1.29, 1.82) is 5.26 Å². The van der Waals surface area contributed by atoms with E-state index < -0.39 is 11.5 Å². The fourth-order valence-corrected chi connectivity index (χ4v) is 2.41. The highest BCUT2D eigenvalue weighted by molar-refractivity contribution is 6.06. The predicted octanol–water partition coefficient (Wildman–Crippen LogP) is 2.86. The van der Waals surface area contributed by atoms with Gasteiger partial charge in [0.2, 0.25) is 0 Å². The van der Waals surface area contributed by atoms with Crippen molar-refractivity contribution in [2.75, 3.05) is 11.4 Å². The normalized spacial score (nSPS) is 10.2. The third-order valence-electron chi connectivity index (χ3n) is 3.84. The number of carbonyl (C=O) groups is 1. The summed E-state index contributed by atoms with van der Waals surface area (Å²) in [4.78, 5) is 29.1. The molecule has 0 saturated heterocycles. The molecule has 0 saturated carbocycles. The summed E-state index contributed by atoms with van der Waals surface area (Å²) in [6.07, 6.45) is 0.197. The summed E-state index contributed by atoms with van der Waals surface area (Å²) in [6.45, 7) is 5.89. The molecule has 1 amide bonds. The fraction of sp³-hybridized carbons (Fsp3) is 0.278. The first-order valence-electron chi connectivity index (χ1n) is 7.40. The number of anilines is 1. The maximum Gasteiger partial charge on any atom is 0.263 e. The van der Waals surface area contributed by atoms with E-state index in [-0.39, 0.29) is 18.5 Å². The second-order valence-electron chi connectivity index (χ2n) is 5.47. The van der Waals surface area contributed by atoms with Crippen LogP contribution in [-0.4, -0.2) is 17.4 Å². The van der Waals surface area contributed by atoms with Gasteiger partial charge in [-0.1, -0.05) is 12.1 Å². The second kappa shape index (κ2) is 6.93. The van der Waals surface area contributed by atoms with Crippen LogP contribution >= 0.6 is 0 Å². The van der Waals surface area contributed by atoms with Crippen LogP contribution in [-0.2, 0) is 0 Å². The van der Waals surface area contributed by atoms with Crippen LogP contribution in [0.3, 0.4) is 0 Å². The largest absolute Gasteiger partial charge is 0.326 e. The van der Waals surface area contributed by atoms with Crippen LogP contribution in [0.1, 0.15) is 33.6 Å². The zero-order chi connectivity index (χ0) is 17.0. The van der Waals surface area contributed by atoms with Gasteiger partial charge >= 0.3 is 0 Å². The van der Waals surface area contributed by atoms with Gasteiger partial charge < -0.3 is 9.88 Å². The van der Waals surface area contributed by atoms with Crippen molar-refractivity contribution in [3.63, 3.8) is 0 Å². The van der Waals surface area contributed by atoms with Crippen LogP contribution in [0.4, 0.5) is 5.69 Å². The molecule has 118 valence electrons. The van der Waals surface area contributed by atoms with Crippen LogP contribution in [0.5, 0.6) is 0 Å². The Morgan fingerprint density at radius 3 is 2.61 bits per heavy atom. The minimum atomic E-state index is -0.415. The van der Waals surface area contributed by atoms with E-state index in [4.69, 9.17) is 5.26 Å². The molecule has 1 N–H and O–H groups in total. The third kappa shape index (κ3) is 3.49. The fourth-order valence-electron chi connectivity index (χ4n) is 2.41. The van der Waals surface area contributed by atoms with Crippen molar-refractivity contribution in [3.05, 3.63) is 63.1 Å². The highest BCUT2D eigenvalue weighted by Gasteiger charge is 2.21. The first kappa shape index (κ1) is 16.5. The van der Waals surface area contributed by atoms with Crippen molar-refractivity contribution in [1.82, 2.24) is 4.98 Å². The number of benzene rings is 1. The number of amides is 1. The topological polar surface area (TPSA) is 77.0 Å². The number of aryl methyl sites for hydroxylation is 2. The molecule has 2 aromatic rings. The summed E-state index contributed by atoms with van der Waals surface area (Å²) >= 11 is 0. The van der Waals surface area contributed by atoms with Crippen molar-refractivity contribution < 1.29 is 4.79 Å². The zero-order valence-electron chi connectivity index (χ0n) is 13.5. The number of nitriles is 1. The molecule has 2 rings (SSSR count). The lowest BCUT2D eigenvalue weighted by Crippen LogP contribution is -2.36. The molecule has 23 heavy (non-hydrogen) atoms. The van der Waals surface area contributed by atoms with E-state index in [2.05, 4.69) is 11.1 Å². The minimum Gasteiger partial charge on any atom is -0.326 e.